The van der Waals surface area contributed by atoms with Crippen LogP contribution in [-0.4, -0.2) is 24.0 Å². The van der Waals surface area contributed by atoms with Crippen LogP contribution in [-0.2, 0) is 0 Å². The van der Waals surface area contributed by atoms with Crippen LogP contribution in [0.3, 0.4) is 0 Å². The molecule has 3 atom stereocenters. The van der Waals surface area contributed by atoms with E-state index in [-0.39, 0.29) is 0 Å². The highest BCUT2D eigenvalue weighted by atomic mass is 15.2. The molecule has 0 aromatic carbocycles. The fourth-order valence-electron chi connectivity index (χ4n) is 3.89. The van der Waals surface area contributed by atoms with E-state index in [1.807, 2.05) is 0 Å². The van der Waals surface area contributed by atoms with Crippen molar-refractivity contribution in [1.29, 1.82) is 0 Å². The molecule has 0 amide bonds. The minimum Gasteiger partial charge on any atom is -0.300 e. The fourth-order valence-corrected chi connectivity index (χ4v) is 3.89. The Kier molecular flexibility index (Phi) is 1.68. The van der Waals surface area contributed by atoms with Gasteiger partial charge in [-0.15, -0.1) is 0 Å². The van der Waals surface area contributed by atoms with Crippen molar-refractivity contribution in [3.05, 3.63) is 0 Å². The average Bonchev–Trinajstić information content (AvgIpc) is 2.52. The summed E-state index contributed by atoms with van der Waals surface area (Å²) < 4.78 is 0. The molecule has 2 aliphatic heterocycles. The number of hydrogen-bond acceptors (Lipinski definition) is 1. The van der Waals surface area contributed by atoms with Gasteiger partial charge in [0.1, 0.15) is 0 Å². The third-order valence-electron chi connectivity index (χ3n) is 4.34. The first-order valence-electron chi connectivity index (χ1n) is 5.69. The smallest absolute Gasteiger partial charge is 0.0152 e. The van der Waals surface area contributed by atoms with Gasteiger partial charge in [0.05, 0.1) is 0 Å². The molecule has 0 bridgehead atoms. The van der Waals surface area contributed by atoms with Crippen LogP contribution >= 0.6 is 0 Å². The molecule has 0 aromatic rings. The van der Waals surface area contributed by atoms with E-state index in [0.717, 1.165) is 17.9 Å². The molecule has 3 unspecified atom stereocenters. The van der Waals surface area contributed by atoms with Gasteiger partial charge in [-0.25, -0.2) is 0 Å². The van der Waals surface area contributed by atoms with Crippen LogP contribution in [0.2, 0.25) is 0 Å². The lowest BCUT2D eigenvalue weighted by molar-refractivity contribution is 0.0758. The minimum atomic E-state index is 1.03. The van der Waals surface area contributed by atoms with Crippen molar-refractivity contribution in [2.75, 3.05) is 13.1 Å². The standard InChI is InChI=1S/C11H19N/c1-3-9-5-2-7-12-8-6-10(4-1)11(9)12/h9-11H,1-8H2. The first kappa shape index (κ1) is 7.37. The van der Waals surface area contributed by atoms with Crippen molar-refractivity contribution < 1.29 is 0 Å². The summed E-state index contributed by atoms with van der Waals surface area (Å²) >= 11 is 0. The Bertz CT molecular complexity index is 160. The second-order valence-corrected chi connectivity index (χ2v) is 4.91. The molecule has 2 heterocycles. The summed E-state index contributed by atoms with van der Waals surface area (Å²) in [7, 11) is 0. The van der Waals surface area contributed by atoms with Crippen LogP contribution in [0.5, 0.6) is 0 Å². The Labute approximate surface area is 75.1 Å². The maximum Gasteiger partial charge on any atom is 0.0152 e. The molecular formula is C11H19N. The maximum absolute atomic E-state index is 2.79. The average molecular weight is 165 g/mol. The second-order valence-electron chi connectivity index (χ2n) is 4.91. The van der Waals surface area contributed by atoms with E-state index in [2.05, 4.69) is 4.90 Å². The van der Waals surface area contributed by atoms with Crippen LogP contribution in [0.15, 0.2) is 0 Å². The Balaban J connectivity index is 1.84. The Hall–Kier alpha value is -0.0400. The molecule has 2 saturated heterocycles. The summed E-state index contributed by atoms with van der Waals surface area (Å²) in [4.78, 5) is 2.79. The third kappa shape index (κ3) is 0.953. The van der Waals surface area contributed by atoms with Gasteiger partial charge in [-0.3, -0.25) is 4.90 Å². The minimum absolute atomic E-state index is 1.03. The molecule has 0 spiro atoms. The molecule has 0 N–H and O–H groups in total. The lowest BCUT2D eigenvalue weighted by atomic mass is 9.74. The predicted octanol–water partition coefficient (Wildman–Crippen LogP) is 2.27. The number of nitrogens with zero attached hydrogens (tertiary/aromatic N) is 1. The van der Waals surface area contributed by atoms with Crippen molar-refractivity contribution in [3.63, 3.8) is 0 Å². The van der Waals surface area contributed by atoms with Gasteiger partial charge in [-0.05, 0) is 57.0 Å². The summed E-state index contributed by atoms with van der Waals surface area (Å²) in [6.45, 7) is 2.84. The van der Waals surface area contributed by atoms with Crippen LogP contribution in [0.25, 0.3) is 0 Å². The summed E-state index contributed by atoms with van der Waals surface area (Å²) in [5.74, 6) is 2.20. The van der Waals surface area contributed by atoms with Crippen LogP contribution in [0.1, 0.15) is 38.5 Å². The first-order valence-corrected chi connectivity index (χ1v) is 5.69. The van der Waals surface area contributed by atoms with E-state index in [1.165, 1.54) is 51.6 Å². The van der Waals surface area contributed by atoms with Crippen molar-refractivity contribution >= 4 is 0 Å². The summed E-state index contributed by atoms with van der Waals surface area (Å²) in [6.07, 6.45) is 9.14. The van der Waals surface area contributed by atoms with Crippen LogP contribution in [0, 0.1) is 11.8 Å². The van der Waals surface area contributed by atoms with E-state index < -0.39 is 0 Å². The maximum atomic E-state index is 2.79. The van der Waals surface area contributed by atoms with Gasteiger partial charge in [0.2, 0.25) is 0 Å². The lowest BCUT2D eigenvalue weighted by Crippen LogP contribution is -2.45. The highest BCUT2D eigenvalue weighted by Crippen LogP contribution is 2.43. The molecule has 1 aliphatic carbocycles. The number of rotatable bonds is 0. The largest absolute Gasteiger partial charge is 0.300 e. The summed E-state index contributed by atoms with van der Waals surface area (Å²) in [5, 5.41) is 0. The quantitative estimate of drug-likeness (QED) is 0.532. The van der Waals surface area contributed by atoms with Gasteiger partial charge >= 0.3 is 0 Å². The van der Waals surface area contributed by atoms with Crippen molar-refractivity contribution in [2.24, 2.45) is 11.8 Å². The first-order chi connectivity index (χ1) is 5.95. The van der Waals surface area contributed by atoms with Crippen molar-refractivity contribution in [2.45, 2.75) is 44.6 Å². The molecule has 12 heavy (non-hydrogen) atoms. The Morgan fingerprint density at radius 3 is 2.42 bits per heavy atom. The van der Waals surface area contributed by atoms with Crippen molar-refractivity contribution in [1.82, 2.24) is 4.90 Å². The zero-order valence-corrected chi connectivity index (χ0v) is 7.84. The molecule has 0 radical (unpaired) electrons. The molecule has 3 rings (SSSR count). The second kappa shape index (κ2) is 2.73. The van der Waals surface area contributed by atoms with Crippen LogP contribution in [0.4, 0.5) is 0 Å². The Morgan fingerprint density at radius 1 is 0.750 bits per heavy atom. The summed E-state index contributed by atoms with van der Waals surface area (Å²) in [5.41, 5.74) is 0. The monoisotopic (exact) mass is 165 g/mol. The molecular weight excluding hydrogens is 146 g/mol. The fraction of sp³-hybridized carbons (Fsp3) is 1.00. The highest BCUT2D eigenvalue weighted by molar-refractivity contribution is 4.96. The Morgan fingerprint density at radius 2 is 1.50 bits per heavy atom. The molecule has 1 saturated carbocycles. The van der Waals surface area contributed by atoms with Gasteiger partial charge in [-0.2, -0.15) is 0 Å². The molecule has 68 valence electrons. The van der Waals surface area contributed by atoms with E-state index in [4.69, 9.17) is 0 Å². The zero-order valence-electron chi connectivity index (χ0n) is 7.84. The molecule has 3 aliphatic rings. The third-order valence-corrected chi connectivity index (χ3v) is 4.34. The highest BCUT2D eigenvalue weighted by Gasteiger charge is 2.42. The van der Waals surface area contributed by atoms with Gasteiger partial charge in [0, 0.05) is 6.04 Å². The normalized spacial score (nSPS) is 47.5. The molecule has 0 aromatic heterocycles. The van der Waals surface area contributed by atoms with Crippen LogP contribution < -0.4 is 0 Å². The zero-order chi connectivity index (χ0) is 7.97. The summed E-state index contributed by atoms with van der Waals surface area (Å²) in [6, 6.07) is 1.03. The topological polar surface area (TPSA) is 3.24 Å². The van der Waals surface area contributed by atoms with Gasteiger partial charge in [0.15, 0.2) is 0 Å². The molecule has 3 fully saturated rings. The molecule has 1 heteroatoms. The number of piperidine rings is 1. The lowest BCUT2D eigenvalue weighted by Gasteiger charge is -2.42. The van der Waals surface area contributed by atoms with E-state index >= 15 is 0 Å². The van der Waals surface area contributed by atoms with E-state index in [1.54, 1.807) is 0 Å². The molecule has 1 nitrogen and oxygen atoms in total. The van der Waals surface area contributed by atoms with E-state index in [0.29, 0.717) is 0 Å². The predicted molar refractivity (Wildman–Crippen MR) is 50.0 cm³/mol. The van der Waals surface area contributed by atoms with Gasteiger partial charge in [0.25, 0.3) is 0 Å². The van der Waals surface area contributed by atoms with Crippen molar-refractivity contribution in [3.8, 4) is 0 Å². The van der Waals surface area contributed by atoms with E-state index in [9.17, 15) is 0 Å². The SMILES string of the molecule is C1CC2CCCN3CCC(C1)C23. The number of hydrogen-bond donors (Lipinski definition) is 0. The van der Waals surface area contributed by atoms with Gasteiger partial charge in [-0.1, -0.05) is 6.42 Å². The van der Waals surface area contributed by atoms with Gasteiger partial charge < -0.3 is 0 Å².